The predicted molar refractivity (Wildman–Crippen MR) is 101 cm³/mol. The number of hydrogen-bond donors (Lipinski definition) is 2. The highest BCUT2D eigenvalue weighted by Gasteiger charge is 2.15. The van der Waals surface area contributed by atoms with Crippen LogP contribution in [0.2, 0.25) is 0 Å². The van der Waals surface area contributed by atoms with Crippen LogP contribution in [0.25, 0.3) is 0 Å². The van der Waals surface area contributed by atoms with Gasteiger partial charge < -0.3 is 10.6 Å². The minimum Gasteiger partial charge on any atom is -0.326 e. The molecule has 0 bridgehead atoms. The van der Waals surface area contributed by atoms with Gasteiger partial charge >= 0.3 is 0 Å². The number of hydrogen-bond acceptors (Lipinski definition) is 3. The molecule has 0 heterocycles. The van der Waals surface area contributed by atoms with Crippen LogP contribution in [-0.4, -0.2) is 17.1 Å². The number of benzene rings is 2. The number of carbonyl (C=O) groups excluding carboxylic acids is 2. The number of aryl methyl sites for hydroxylation is 2. The Labute approximate surface area is 147 Å². The smallest absolute Gasteiger partial charge is 0.237 e. The molecule has 0 aromatic heterocycles. The fourth-order valence-corrected chi connectivity index (χ4v) is 3.22. The molecule has 0 aliphatic carbocycles. The summed E-state index contributed by atoms with van der Waals surface area (Å²) in [5.74, 6) is -0.168. The number of thioether (sulfide) groups is 1. The second-order valence-corrected chi connectivity index (χ2v) is 7.16. The molecule has 0 saturated carbocycles. The summed E-state index contributed by atoms with van der Waals surface area (Å²) in [6, 6.07) is 13.3. The van der Waals surface area contributed by atoms with Crippen LogP contribution < -0.4 is 10.6 Å². The van der Waals surface area contributed by atoms with Crippen LogP contribution in [-0.2, 0) is 9.59 Å². The first kappa shape index (κ1) is 18.1. The maximum atomic E-state index is 12.4. The summed E-state index contributed by atoms with van der Waals surface area (Å²) in [6.07, 6.45) is 0. The number of nitrogens with one attached hydrogen (secondary N) is 2. The van der Waals surface area contributed by atoms with E-state index in [-0.39, 0.29) is 17.1 Å². The van der Waals surface area contributed by atoms with Crippen LogP contribution in [0.1, 0.15) is 25.0 Å². The van der Waals surface area contributed by atoms with E-state index < -0.39 is 0 Å². The van der Waals surface area contributed by atoms with Crippen LogP contribution in [0.5, 0.6) is 0 Å². The lowest BCUT2D eigenvalue weighted by Crippen LogP contribution is -2.22. The molecule has 24 heavy (non-hydrogen) atoms. The average molecular weight is 342 g/mol. The van der Waals surface area contributed by atoms with Crippen LogP contribution in [0.15, 0.2) is 47.4 Å². The molecule has 2 amide bonds. The minimum absolute atomic E-state index is 0.0480. The molecule has 4 nitrogen and oxygen atoms in total. The van der Waals surface area contributed by atoms with Crippen LogP contribution >= 0.6 is 11.8 Å². The van der Waals surface area contributed by atoms with Gasteiger partial charge in [0.1, 0.15) is 0 Å². The zero-order chi connectivity index (χ0) is 17.7. The topological polar surface area (TPSA) is 58.2 Å². The summed E-state index contributed by atoms with van der Waals surface area (Å²) in [6.45, 7) is 7.45. The fourth-order valence-electron chi connectivity index (χ4n) is 2.16. The van der Waals surface area contributed by atoms with Crippen molar-refractivity contribution < 1.29 is 9.59 Å². The van der Waals surface area contributed by atoms with Gasteiger partial charge in [0.2, 0.25) is 11.8 Å². The molecule has 126 valence electrons. The Hall–Kier alpha value is -2.27. The van der Waals surface area contributed by atoms with E-state index in [1.165, 1.54) is 18.1 Å². The maximum absolute atomic E-state index is 12.4. The van der Waals surface area contributed by atoms with Gasteiger partial charge in [-0.05, 0) is 56.7 Å². The largest absolute Gasteiger partial charge is 0.326 e. The lowest BCUT2D eigenvalue weighted by molar-refractivity contribution is -0.115. The Kier molecular flexibility index (Phi) is 6.04. The van der Waals surface area contributed by atoms with Crippen molar-refractivity contribution in [2.45, 2.75) is 37.8 Å². The van der Waals surface area contributed by atoms with E-state index >= 15 is 0 Å². The molecule has 1 unspecified atom stereocenters. The molecule has 2 aromatic carbocycles. The normalized spacial score (nSPS) is 11.7. The molecule has 1 atom stereocenters. The molecule has 0 saturated heterocycles. The number of amides is 2. The first-order valence-corrected chi connectivity index (χ1v) is 8.65. The Morgan fingerprint density at radius 3 is 2.12 bits per heavy atom. The summed E-state index contributed by atoms with van der Waals surface area (Å²) < 4.78 is 0. The first-order chi connectivity index (χ1) is 11.3. The molecule has 5 heteroatoms. The number of rotatable bonds is 5. The highest BCUT2D eigenvalue weighted by molar-refractivity contribution is 8.00. The van der Waals surface area contributed by atoms with Crippen molar-refractivity contribution in [1.29, 1.82) is 0 Å². The van der Waals surface area contributed by atoms with Crippen molar-refractivity contribution in [2.75, 3.05) is 10.6 Å². The third-order valence-electron chi connectivity index (χ3n) is 3.49. The number of carbonyl (C=O) groups is 2. The van der Waals surface area contributed by atoms with E-state index in [1.807, 2.05) is 20.8 Å². The molecule has 0 aliphatic rings. The van der Waals surface area contributed by atoms with Crippen molar-refractivity contribution in [3.8, 4) is 0 Å². The molecule has 0 radical (unpaired) electrons. The van der Waals surface area contributed by atoms with E-state index in [1.54, 1.807) is 36.0 Å². The summed E-state index contributed by atoms with van der Waals surface area (Å²) in [5, 5.41) is 5.39. The van der Waals surface area contributed by atoms with E-state index in [0.29, 0.717) is 11.4 Å². The van der Waals surface area contributed by atoms with Crippen molar-refractivity contribution in [1.82, 2.24) is 0 Å². The molecular formula is C19H22N2O2S. The van der Waals surface area contributed by atoms with Gasteiger partial charge in [-0.15, -0.1) is 11.8 Å². The third-order valence-corrected chi connectivity index (χ3v) is 4.75. The Bertz CT molecular complexity index is 742. The molecule has 2 N–H and O–H groups in total. The predicted octanol–water partition coefficient (Wildman–Crippen LogP) is 4.38. The SMILES string of the molecule is CC(=O)Nc1ccc(NC(=O)C(C)Sc2cc(C)ccc2C)cc1. The summed E-state index contributed by atoms with van der Waals surface area (Å²) in [7, 11) is 0. The summed E-state index contributed by atoms with van der Waals surface area (Å²) in [5.41, 5.74) is 3.77. The van der Waals surface area contributed by atoms with Gasteiger partial charge in [-0.1, -0.05) is 17.7 Å². The van der Waals surface area contributed by atoms with Crippen LogP contribution in [0.3, 0.4) is 0 Å². The Balaban J connectivity index is 1.98. The second kappa shape index (κ2) is 8.02. The highest BCUT2D eigenvalue weighted by Crippen LogP contribution is 2.28. The Morgan fingerprint density at radius 1 is 0.958 bits per heavy atom. The zero-order valence-corrected chi connectivity index (χ0v) is 15.2. The Morgan fingerprint density at radius 2 is 1.54 bits per heavy atom. The maximum Gasteiger partial charge on any atom is 0.237 e. The van der Waals surface area contributed by atoms with Gasteiger partial charge in [0, 0.05) is 23.2 Å². The third kappa shape index (κ3) is 5.13. The van der Waals surface area contributed by atoms with E-state index in [4.69, 9.17) is 0 Å². The van der Waals surface area contributed by atoms with Gasteiger partial charge in [0.05, 0.1) is 5.25 Å². The van der Waals surface area contributed by atoms with E-state index in [2.05, 4.69) is 28.8 Å². The lowest BCUT2D eigenvalue weighted by atomic mass is 10.2. The number of anilines is 2. The quantitative estimate of drug-likeness (QED) is 0.793. The van der Waals surface area contributed by atoms with Crippen molar-refractivity contribution in [3.63, 3.8) is 0 Å². The van der Waals surface area contributed by atoms with Gasteiger partial charge in [0.15, 0.2) is 0 Å². The molecule has 0 aliphatic heterocycles. The van der Waals surface area contributed by atoms with Crippen molar-refractivity contribution in [2.24, 2.45) is 0 Å². The molecule has 0 spiro atoms. The van der Waals surface area contributed by atoms with Gasteiger partial charge in [-0.2, -0.15) is 0 Å². The second-order valence-electron chi connectivity index (χ2n) is 5.78. The van der Waals surface area contributed by atoms with Gasteiger partial charge in [0.25, 0.3) is 0 Å². The molecular weight excluding hydrogens is 320 g/mol. The zero-order valence-electron chi connectivity index (χ0n) is 14.3. The lowest BCUT2D eigenvalue weighted by Gasteiger charge is -2.14. The van der Waals surface area contributed by atoms with E-state index in [0.717, 1.165) is 4.90 Å². The van der Waals surface area contributed by atoms with E-state index in [9.17, 15) is 9.59 Å². The average Bonchev–Trinajstić information content (AvgIpc) is 2.52. The summed E-state index contributed by atoms with van der Waals surface area (Å²) >= 11 is 1.55. The van der Waals surface area contributed by atoms with Crippen molar-refractivity contribution in [3.05, 3.63) is 53.6 Å². The van der Waals surface area contributed by atoms with Crippen LogP contribution in [0, 0.1) is 13.8 Å². The van der Waals surface area contributed by atoms with Gasteiger partial charge in [-0.3, -0.25) is 9.59 Å². The monoisotopic (exact) mass is 342 g/mol. The molecule has 0 fully saturated rings. The summed E-state index contributed by atoms with van der Waals surface area (Å²) in [4.78, 5) is 24.5. The van der Waals surface area contributed by atoms with Crippen molar-refractivity contribution >= 4 is 35.0 Å². The highest BCUT2D eigenvalue weighted by atomic mass is 32.2. The van der Waals surface area contributed by atoms with Crippen LogP contribution in [0.4, 0.5) is 11.4 Å². The first-order valence-electron chi connectivity index (χ1n) is 7.77. The standard InChI is InChI=1S/C19H22N2O2S/c1-12-5-6-13(2)18(11-12)24-14(3)19(23)21-17-9-7-16(8-10-17)20-15(4)22/h5-11,14H,1-4H3,(H,20,22)(H,21,23). The fraction of sp³-hybridized carbons (Fsp3) is 0.263. The molecule has 2 aromatic rings. The minimum atomic E-state index is -0.208. The van der Waals surface area contributed by atoms with Gasteiger partial charge in [-0.25, -0.2) is 0 Å². The molecule has 2 rings (SSSR count).